The average molecular weight is 323 g/mol. The molecule has 2 aromatic rings. The molecule has 0 fully saturated rings. The topological polar surface area (TPSA) is 85.6 Å². The van der Waals surface area contributed by atoms with Gasteiger partial charge in [-0.3, -0.25) is 0 Å². The first-order valence-corrected chi connectivity index (χ1v) is 8.09. The van der Waals surface area contributed by atoms with Gasteiger partial charge in [-0.05, 0) is 38.1 Å². The fraction of sp³-hybridized carbons (Fsp3) is 0.267. The van der Waals surface area contributed by atoms with Crippen molar-refractivity contribution < 1.29 is 22.4 Å². The van der Waals surface area contributed by atoms with Crippen LogP contribution in [0.5, 0.6) is 0 Å². The van der Waals surface area contributed by atoms with E-state index < -0.39 is 22.0 Å². The van der Waals surface area contributed by atoms with Crippen molar-refractivity contribution in [1.82, 2.24) is 4.72 Å². The van der Waals surface area contributed by atoms with E-state index in [1.165, 1.54) is 19.2 Å². The van der Waals surface area contributed by atoms with Crippen LogP contribution < -0.4 is 4.72 Å². The lowest BCUT2D eigenvalue weighted by atomic mass is 10.2. The zero-order chi connectivity index (χ0) is 16.3. The van der Waals surface area contributed by atoms with Gasteiger partial charge < -0.3 is 9.15 Å². The Morgan fingerprint density at radius 2 is 1.91 bits per heavy atom. The van der Waals surface area contributed by atoms with Crippen molar-refractivity contribution in [2.75, 3.05) is 7.11 Å². The monoisotopic (exact) mass is 323 g/mol. The van der Waals surface area contributed by atoms with Gasteiger partial charge in [-0.1, -0.05) is 12.1 Å². The molecule has 0 aliphatic heterocycles. The van der Waals surface area contributed by atoms with Crippen molar-refractivity contribution in [2.45, 2.75) is 24.8 Å². The maximum absolute atomic E-state index is 12.5. The standard InChI is InChI=1S/C15H17NO5S/c1-10-8-9-13(21-10)11(2)16-22(18,19)14-7-5-4-6-12(14)15(17)20-3/h4-9,11,16H,1-3H3/t11-/m1/s1. The van der Waals surface area contributed by atoms with Crippen molar-refractivity contribution >= 4 is 16.0 Å². The molecule has 2 rings (SSSR count). The lowest BCUT2D eigenvalue weighted by Gasteiger charge is -2.14. The first kappa shape index (κ1) is 16.3. The first-order valence-electron chi connectivity index (χ1n) is 6.61. The van der Waals surface area contributed by atoms with Crippen LogP contribution in [0.2, 0.25) is 0 Å². The predicted molar refractivity (Wildman–Crippen MR) is 80.0 cm³/mol. The maximum atomic E-state index is 12.5. The number of esters is 1. The van der Waals surface area contributed by atoms with Gasteiger partial charge in [-0.15, -0.1) is 0 Å². The smallest absolute Gasteiger partial charge is 0.339 e. The van der Waals surface area contributed by atoms with E-state index in [1.54, 1.807) is 38.1 Å². The lowest BCUT2D eigenvalue weighted by Crippen LogP contribution is -2.28. The highest BCUT2D eigenvalue weighted by atomic mass is 32.2. The fourth-order valence-electron chi connectivity index (χ4n) is 2.02. The Morgan fingerprint density at radius 3 is 2.50 bits per heavy atom. The number of rotatable bonds is 5. The number of nitrogens with one attached hydrogen (secondary N) is 1. The molecule has 0 unspecified atom stereocenters. The van der Waals surface area contributed by atoms with E-state index in [1.807, 2.05) is 0 Å². The largest absolute Gasteiger partial charge is 0.465 e. The van der Waals surface area contributed by atoms with Gasteiger partial charge in [-0.25, -0.2) is 17.9 Å². The number of hydrogen-bond donors (Lipinski definition) is 1. The summed E-state index contributed by atoms with van der Waals surface area (Å²) in [5.41, 5.74) is -0.0136. The zero-order valence-corrected chi connectivity index (χ0v) is 13.3. The third-order valence-electron chi connectivity index (χ3n) is 3.10. The summed E-state index contributed by atoms with van der Waals surface area (Å²) in [5.74, 6) is 0.482. The Hall–Kier alpha value is -2.12. The minimum Gasteiger partial charge on any atom is -0.465 e. The number of furan rings is 1. The Bertz CT molecular complexity index is 779. The number of carbonyl (C=O) groups excluding carboxylic acids is 1. The molecular formula is C15H17NO5S. The van der Waals surface area contributed by atoms with Crippen LogP contribution in [0.3, 0.4) is 0 Å². The van der Waals surface area contributed by atoms with E-state index in [4.69, 9.17) is 4.42 Å². The number of sulfonamides is 1. The Balaban J connectivity index is 2.33. The van der Waals surface area contributed by atoms with E-state index >= 15 is 0 Å². The van der Waals surface area contributed by atoms with E-state index in [0.717, 1.165) is 0 Å². The van der Waals surface area contributed by atoms with Crippen molar-refractivity contribution in [3.8, 4) is 0 Å². The Labute approximate surface area is 129 Å². The third kappa shape index (κ3) is 3.37. The van der Waals surface area contributed by atoms with Gasteiger partial charge in [0.15, 0.2) is 0 Å². The quantitative estimate of drug-likeness (QED) is 0.854. The molecule has 118 valence electrons. The molecule has 0 spiro atoms. The van der Waals surface area contributed by atoms with Gasteiger partial charge >= 0.3 is 5.97 Å². The number of carbonyl (C=O) groups is 1. The molecule has 0 saturated heterocycles. The summed E-state index contributed by atoms with van der Waals surface area (Å²) in [6.45, 7) is 3.44. The second-order valence-electron chi connectivity index (χ2n) is 4.78. The molecule has 6 nitrogen and oxygen atoms in total. The number of methoxy groups -OCH3 is 1. The minimum absolute atomic E-state index is 0.0136. The lowest BCUT2D eigenvalue weighted by molar-refractivity contribution is 0.0596. The van der Waals surface area contributed by atoms with Gasteiger partial charge in [-0.2, -0.15) is 0 Å². The van der Waals surface area contributed by atoms with Crippen molar-refractivity contribution in [3.63, 3.8) is 0 Å². The summed E-state index contributed by atoms with van der Waals surface area (Å²) < 4.78 is 37.5. The molecule has 22 heavy (non-hydrogen) atoms. The molecule has 0 aliphatic rings. The van der Waals surface area contributed by atoms with Crippen LogP contribution in [0.25, 0.3) is 0 Å². The summed E-state index contributed by atoms with van der Waals surface area (Å²) in [4.78, 5) is 11.6. The van der Waals surface area contributed by atoms with Crippen LogP contribution in [-0.4, -0.2) is 21.5 Å². The van der Waals surface area contributed by atoms with Crippen molar-refractivity contribution in [1.29, 1.82) is 0 Å². The molecule has 1 heterocycles. The number of hydrogen-bond acceptors (Lipinski definition) is 5. The molecule has 0 bridgehead atoms. The van der Waals surface area contributed by atoms with Crippen LogP contribution in [0, 0.1) is 6.92 Å². The van der Waals surface area contributed by atoms with Crippen LogP contribution >= 0.6 is 0 Å². The molecular weight excluding hydrogens is 306 g/mol. The zero-order valence-electron chi connectivity index (χ0n) is 12.5. The second-order valence-corrected chi connectivity index (χ2v) is 6.46. The highest BCUT2D eigenvalue weighted by Crippen LogP contribution is 2.21. The molecule has 1 atom stereocenters. The maximum Gasteiger partial charge on any atom is 0.339 e. The van der Waals surface area contributed by atoms with E-state index in [-0.39, 0.29) is 10.5 Å². The highest BCUT2D eigenvalue weighted by Gasteiger charge is 2.25. The van der Waals surface area contributed by atoms with Crippen LogP contribution in [0.15, 0.2) is 45.7 Å². The molecule has 0 saturated carbocycles. The number of ether oxygens (including phenoxy) is 1. The van der Waals surface area contributed by atoms with E-state index in [2.05, 4.69) is 9.46 Å². The van der Waals surface area contributed by atoms with Crippen molar-refractivity contribution in [2.24, 2.45) is 0 Å². The molecule has 0 aliphatic carbocycles. The number of benzene rings is 1. The van der Waals surface area contributed by atoms with E-state index in [9.17, 15) is 13.2 Å². The van der Waals surface area contributed by atoms with Gasteiger partial charge in [0.2, 0.25) is 10.0 Å². The molecule has 1 aromatic heterocycles. The summed E-state index contributed by atoms with van der Waals surface area (Å²) in [7, 11) is -2.69. The normalized spacial score (nSPS) is 12.9. The predicted octanol–water partition coefficient (Wildman–Crippen LogP) is 2.41. The highest BCUT2D eigenvalue weighted by molar-refractivity contribution is 7.89. The van der Waals surface area contributed by atoms with Crippen LogP contribution in [-0.2, 0) is 14.8 Å². The average Bonchev–Trinajstić information content (AvgIpc) is 2.93. The van der Waals surface area contributed by atoms with Crippen LogP contribution in [0.1, 0.15) is 34.8 Å². The van der Waals surface area contributed by atoms with Crippen LogP contribution in [0.4, 0.5) is 0 Å². The Kier molecular flexibility index (Phi) is 4.68. The van der Waals surface area contributed by atoms with Gasteiger partial charge in [0.05, 0.1) is 23.6 Å². The SMILES string of the molecule is COC(=O)c1ccccc1S(=O)(=O)N[C@H](C)c1ccc(C)o1. The minimum atomic E-state index is -3.90. The molecule has 1 N–H and O–H groups in total. The molecule has 0 amide bonds. The second kappa shape index (κ2) is 6.33. The summed E-state index contributed by atoms with van der Waals surface area (Å²) in [6.07, 6.45) is 0. The summed E-state index contributed by atoms with van der Waals surface area (Å²) >= 11 is 0. The molecule has 1 aromatic carbocycles. The van der Waals surface area contributed by atoms with Crippen molar-refractivity contribution in [3.05, 3.63) is 53.5 Å². The first-order chi connectivity index (χ1) is 10.3. The molecule has 7 heteroatoms. The third-order valence-corrected chi connectivity index (χ3v) is 4.70. The van der Waals surface area contributed by atoms with E-state index in [0.29, 0.717) is 11.5 Å². The van der Waals surface area contributed by atoms with Gasteiger partial charge in [0, 0.05) is 0 Å². The Morgan fingerprint density at radius 1 is 1.23 bits per heavy atom. The van der Waals surface area contributed by atoms with Gasteiger partial charge in [0.25, 0.3) is 0 Å². The summed E-state index contributed by atoms with van der Waals surface area (Å²) in [5, 5.41) is 0. The fourth-order valence-corrected chi connectivity index (χ4v) is 3.43. The number of aryl methyl sites for hydroxylation is 1. The van der Waals surface area contributed by atoms with Gasteiger partial charge in [0.1, 0.15) is 11.5 Å². The molecule has 0 radical (unpaired) electrons. The summed E-state index contributed by atoms with van der Waals surface area (Å²) in [6, 6.07) is 8.77.